The molecule has 0 heterocycles. The predicted octanol–water partition coefficient (Wildman–Crippen LogP) is 0.365. The first-order chi connectivity index (χ1) is 6.66. The molecular formula is C11H16O3. The van der Waals surface area contributed by atoms with Gasteiger partial charge in [-0.2, -0.15) is 0 Å². The maximum absolute atomic E-state index is 9.76. The van der Waals surface area contributed by atoms with Crippen LogP contribution < -0.4 is 0 Å². The summed E-state index contributed by atoms with van der Waals surface area (Å²) in [5.41, 5.74) is 1.72. The molecule has 0 radical (unpaired) electrons. The molecule has 0 aromatic carbocycles. The number of hydrogen-bond donors (Lipinski definition) is 3. The van der Waals surface area contributed by atoms with Crippen LogP contribution in [0.2, 0.25) is 0 Å². The van der Waals surface area contributed by atoms with E-state index in [9.17, 15) is 15.3 Å². The Morgan fingerprint density at radius 3 is 2.71 bits per heavy atom. The molecule has 0 fully saturated rings. The van der Waals surface area contributed by atoms with E-state index >= 15 is 0 Å². The lowest BCUT2D eigenvalue weighted by molar-refractivity contribution is 0.0209. The van der Waals surface area contributed by atoms with E-state index in [0.717, 1.165) is 11.1 Å². The zero-order chi connectivity index (χ0) is 10.3. The molecule has 3 unspecified atom stereocenters. The van der Waals surface area contributed by atoms with E-state index in [-0.39, 0.29) is 5.92 Å². The van der Waals surface area contributed by atoms with Crippen LogP contribution in [0.1, 0.15) is 19.3 Å². The van der Waals surface area contributed by atoms with E-state index in [0.29, 0.717) is 19.3 Å². The van der Waals surface area contributed by atoms with Gasteiger partial charge in [-0.15, -0.1) is 6.58 Å². The average molecular weight is 196 g/mol. The lowest BCUT2D eigenvalue weighted by Crippen LogP contribution is -2.30. The van der Waals surface area contributed by atoms with Gasteiger partial charge < -0.3 is 15.3 Å². The molecule has 14 heavy (non-hydrogen) atoms. The van der Waals surface area contributed by atoms with Crippen LogP contribution in [0.15, 0.2) is 23.8 Å². The predicted molar refractivity (Wildman–Crippen MR) is 52.6 cm³/mol. The Bertz CT molecular complexity index is 282. The van der Waals surface area contributed by atoms with Gasteiger partial charge in [0, 0.05) is 5.92 Å². The average Bonchev–Trinajstić information content (AvgIpc) is 2.63. The van der Waals surface area contributed by atoms with Gasteiger partial charge in [-0.1, -0.05) is 6.08 Å². The first-order valence-corrected chi connectivity index (χ1v) is 5.04. The Morgan fingerprint density at radius 1 is 1.36 bits per heavy atom. The van der Waals surface area contributed by atoms with Crippen molar-refractivity contribution in [1.82, 2.24) is 0 Å². The quantitative estimate of drug-likeness (QED) is 0.559. The van der Waals surface area contributed by atoms with E-state index in [1.807, 2.05) is 0 Å². The van der Waals surface area contributed by atoms with Crippen molar-refractivity contribution in [2.75, 3.05) is 0 Å². The molecule has 2 aliphatic carbocycles. The molecule has 0 saturated heterocycles. The molecule has 0 spiro atoms. The second-order valence-electron chi connectivity index (χ2n) is 4.10. The topological polar surface area (TPSA) is 60.7 Å². The third-order valence-electron chi connectivity index (χ3n) is 3.33. The van der Waals surface area contributed by atoms with Crippen LogP contribution in [-0.2, 0) is 0 Å². The molecule has 3 N–H and O–H groups in total. The minimum atomic E-state index is -0.771. The highest BCUT2D eigenvalue weighted by atomic mass is 16.3. The first-order valence-electron chi connectivity index (χ1n) is 5.04. The standard InChI is InChI=1S/C11H16O3/c1-2-3-6-9-7(4-5-8(9)12)11(14)10(6)13/h2,6,8,10-14H,1,3-5H2/t6?,8-,10?,11?/m0/s1. The van der Waals surface area contributed by atoms with E-state index in [4.69, 9.17) is 0 Å². The van der Waals surface area contributed by atoms with Crippen molar-refractivity contribution in [2.45, 2.75) is 37.6 Å². The second kappa shape index (κ2) is 3.50. The van der Waals surface area contributed by atoms with E-state index in [1.54, 1.807) is 6.08 Å². The Morgan fingerprint density at radius 2 is 2.07 bits per heavy atom. The van der Waals surface area contributed by atoms with Gasteiger partial charge in [-0.05, 0) is 30.4 Å². The molecule has 0 aliphatic heterocycles. The molecule has 2 rings (SSSR count). The van der Waals surface area contributed by atoms with Crippen molar-refractivity contribution in [3.8, 4) is 0 Å². The van der Waals surface area contributed by atoms with Gasteiger partial charge in [-0.25, -0.2) is 0 Å². The Balaban J connectivity index is 2.29. The highest BCUT2D eigenvalue weighted by molar-refractivity contribution is 5.37. The van der Waals surface area contributed by atoms with Crippen molar-refractivity contribution >= 4 is 0 Å². The third kappa shape index (κ3) is 1.24. The SMILES string of the molecule is C=CCC1C2=C(CC[C@@H]2O)C(O)C1O. The van der Waals surface area contributed by atoms with Crippen LogP contribution in [0.3, 0.4) is 0 Å². The molecule has 0 aromatic heterocycles. The summed E-state index contributed by atoms with van der Waals surface area (Å²) in [5.74, 6) is -0.130. The van der Waals surface area contributed by atoms with Crippen molar-refractivity contribution in [3.63, 3.8) is 0 Å². The van der Waals surface area contributed by atoms with Gasteiger partial charge in [0.15, 0.2) is 0 Å². The van der Waals surface area contributed by atoms with Crippen LogP contribution >= 0.6 is 0 Å². The van der Waals surface area contributed by atoms with E-state index in [1.165, 1.54) is 0 Å². The van der Waals surface area contributed by atoms with Crippen LogP contribution in [0.5, 0.6) is 0 Å². The summed E-state index contributed by atoms with van der Waals surface area (Å²) in [6.45, 7) is 3.63. The molecule has 4 atom stereocenters. The van der Waals surface area contributed by atoms with Gasteiger partial charge >= 0.3 is 0 Å². The maximum atomic E-state index is 9.76. The molecule has 0 amide bonds. The summed E-state index contributed by atoms with van der Waals surface area (Å²) in [6, 6.07) is 0. The van der Waals surface area contributed by atoms with Crippen LogP contribution in [0.4, 0.5) is 0 Å². The molecule has 2 aliphatic rings. The number of rotatable bonds is 2. The van der Waals surface area contributed by atoms with Crippen molar-refractivity contribution in [1.29, 1.82) is 0 Å². The normalized spacial score (nSPS) is 41.6. The smallest absolute Gasteiger partial charge is 0.102 e. The maximum Gasteiger partial charge on any atom is 0.102 e. The fourth-order valence-electron chi connectivity index (χ4n) is 2.67. The Hall–Kier alpha value is -0.640. The largest absolute Gasteiger partial charge is 0.389 e. The van der Waals surface area contributed by atoms with Gasteiger partial charge in [0.05, 0.1) is 12.2 Å². The summed E-state index contributed by atoms with van der Waals surface area (Å²) in [5, 5.41) is 29.2. The summed E-state index contributed by atoms with van der Waals surface area (Å²) < 4.78 is 0. The molecule has 3 heteroatoms. The zero-order valence-electron chi connectivity index (χ0n) is 8.06. The summed E-state index contributed by atoms with van der Waals surface area (Å²) >= 11 is 0. The molecular weight excluding hydrogens is 180 g/mol. The van der Waals surface area contributed by atoms with Crippen molar-refractivity contribution in [3.05, 3.63) is 23.8 Å². The summed E-state index contributed by atoms with van der Waals surface area (Å²) in [4.78, 5) is 0. The molecule has 0 aromatic rings. The monoisotopic (exact) mass is 196 g/mol. The van der Waals surface area contributed by atoms with Crippen molar-refractivity contribution in [2.24, 2.45) is 5.92 Å². The number of hydrogen-bond acceptors (Lipinski definition) is 3. The first kappa shape index (κ1) is 9.90. The Labute approximate surface area is 83.4 Å². The molecule has 78 valence electrons. The molecule has 3 nitrogen and oxygen atoms in total. The van der Waals surface area contributed by atoms with E-state index in [2.05, 4.69) is 6.58 Å². The number of aliphatic hydroxyl groups excluding tert-OH is 3. The number of allylic oxidation sites excluding steroid dienone is 1. The minimum absolute atomic E-state index is 0.130. The summed E-state index contributed by atoms with van der Waals surface area (Å²) in [6.07, 6.45) is 1.74. The highest BCUT2D eigenvalue weighted by Crippen LogP contribution is 2.44. The van der Waals surface area contributed by atoms with Crippen LogP contribution in [0, 0.1) is 5.92 Å². The number of aliphatic hydroxyl groups is 3. The zero-order valence-corrected chi connectivity index (χ0v) is 8.06. The van der Waals surface area contributed by atoms with Gasteiger partial charge in [-0.3, -0.25) is 0 Å². The van der Waals surface area contributed by atoms with Crippen LogP contribution in [0.25, 0.3) is 0 Å². The van der Waals surface area contributed by atoms with Gasteiger partial charge in [0.2, 0.25) is 0 Å². The fourth-order valence-corrected chi connectivity index (χ4v) is 2.67. The summed E-state index contributed by atoms with van der Waals surface area (Å²) in [7, 11) is 0. The molecule has 0 saturated carbocycles. The van der Waals surface area contributed by atoms with E-state index < -0.39 is 18.3 Å². The third-order valence-corrected chi connectivity index (χ3v) is 3.33. The Kier molecular flexibility index (Phi) is 2.47. The second-order valence-corrected chi connectivity index (χ2v) is 4.10. The van der Waals surface area contributed by atoms with Crippen LogP contribution in [-0.4, -0.2) is 33.6 Å². The minimum Gasteiger partial charge on any atom is -0.389 e. The van der Waals surface area contributed by atoms with Gasteiger partial charge in [0.25, 0.3) is 0 Å². The fraction of sp³-hybridized carbons (Fsp3) is 0.636. The lowest BCUT2D eigenvalue weighted by atomic mass is 9.92. The van der Waals surface area contributed by atoms with Gasteiger partial charge in [0.1, 0.15) is 6.10 Å². The highest BCUT2D eigenvalue weighted by Gasteiger charge is 2.45. The lowest BCUT2D eigenvalue weighted by Gasteiger charge is -2.21. The molecule has 0 bridgehead atoms. The van der Waals surface area contributed by atoms with Crippen molar-refractivity contribution < 1.29 is 15.3 Å².